The van der Waals surface area contributed by atoms with E-state index in [4.69, 9.17) is 0 Å². The molecule has 0 aliphatic rings. The molecule has 0 atom stereocenters. The lowest BCUT2D eigenvalue weighted by Crippen LogP contribution is -2.03. The maximum Gasteiger partial charge on any atom is 0.126 e. The van der Waals surface area contributed by atoms with Crippen LogP contribution in [0.3, 0.4) is 0 Å². The van der Waals surface area contributed by atoms with Gasteiger partial charge >= 0.3 is 0 Å². The average molecular weight is 226 g/mol. The molecule has 0 saturated carbocycles. The molecule has 1 aromatic heterocycles. The van der Waals surface area contributed by atoms with Gasteiger partial charge in [-0.3, -0.25) is 4.98 Å². The van der Waals surface area contributed by atoms with Gasteiger partial charge in [-0.2, -0.15) is 0 Å². The number of nitrogens with zero attached hydrogens (tertiary/aromatic N) is 1. The van der Waals surface area contributed by atoms with Crippen molar-refractivity contribution in [2.24, 2.45) is 0 Å². The van der Waals surface area contributed by atoms with Crippen molar-refractivity contribution in [2.45, 2.75) is 33.6 Å². The van der Waals surface area contributed by atoms with Crippen LogP contribution >= 0.6 is 0 Å². The Labute approximate surface area is 98.6 Å². The molecule has 1 N–H and O–H groups in total. The number of aromatic nitrogens is 1. The second-order valence-corrected chi connectivity index (χ2v) is 3.03. The first kappa shape index (κ1) is 17.0. The molecule has 3 heteroatoms. The zero-order valence-electron chi connectivity index (χ0n) is 10.5. The summed E-state index contributed by atoms with van der Waals surface area (Å²) in [5, 5.41) is 2.96. The van der Waals surface area contributed by atoms with Crippen LogP contribution in [0.4, 0.5) is 4.39 Å². The lowest BCUT2D eigenvalue weighted by atomic mass is 10.5. The summed E-state index contributed by atoms with van der Waals surface area (Å²) in [5.74, 6) is -0.241. The molecule has 0 aliphatic carbocycles. The number of pyridine rings is 1. The Hall–Kier alpha value is -1.38. The third-order valence-corrected chi connectivity index (χ3v) is 1.18. The lowest BCUT2D eigenvalue weighted by Gasteiger charge is -1.89. The molecule has 16 heavy (non-hydrogen) atoms. The SMILES string of the molecule is C=CNCCC.CCC.Fc1ccncc1. The maximum atomic E-state index is 11.9. The Balaban J connectivity index is 0. The van der Waals surface area contributed by atoms with Gasteiger partial charge in [0.05, 0.1) is 0 Å². The predicted molar refractivity (Wildman–Crippen MR) is 68.7 cm³/mol. The summed E-state index contributed by atoms with van der Waals surface area (Å²) in [5.41, 5.74) is 0. The average Bonchev–Trinajstić information content (AvgIpc) is 2.29. The summed E-state index contributed by atoms with van der Waals surface area (Å²) in [6.07, 6.45) is 6.96. The Morgan fingerprint density at radius 3 is 2.00 bits per heavy atom. The van der Waals surface area contributed by atoms with E-state index in [1.165, 1.54) is 37.4 Å². The quantitative estimate of drug-likeness (QED) is 0.794. The van der Waals surface area contributed by atoms with E-state index in [-0.39, 0.29) is 5.82 Å². The fourth-order valence-electron chi connectivity index (χ4n) is 0.580. The molecule has 0 radical (unpaired) electrons. The Morgan fingerprint density at radius 1 is 1.31 bits per heavy atom. The molecule has 0 amide bonds. The molecule has 1 rings (SSSR count). The van der Waals surface area contributed by atoms with Crippen LogP contribution in [-0.4, -0.2) is 11.5 Å². The highest BCUT2D eigenvalue weighted by atomic mass is 19.1. The van der Waals surface area contributed by atoms with Crippen molar-refractivity contribution >= 4 is 0 Å². The number of halogens is 1. The summed E-state index contributed by atoms with van der Waals surface area (Å²) in [6.45, 7) is 10.9. The first-order valence-corrected chi connectivity index (χ1v) is 5.62. The van der Waals surface area contributed by atoms with Crippen LogP contribution in [0.25, 0.3) is 0 Å². The zero-order valence-corrected chi connectivity index (χ0v) is 10.5. The van der Waals surface area contributed by atoms with Gasteiger partial charge < -0.3 is 5.32 Å². The Kier molecular flexibility index (Phi) is 17.1. The summed E-state index contributed by atoms with van der Waals surface area (Å²) < 4.78 is 11.9. The molecule has 0 saturated heterocycles. The van der Waals surface area contributed by atoms with Gasteiger partial charge in [-0.05, 0) is 24.8 Å². The van der Waals surface area contributed by atoms with Gasteiger partial charge in [-0.15, -0.1) is 0 Å². The molecule has 0 spiro atoms. The van der Waals surface area contributed by atoms with Crippen molar-refractivity contribution in [1.29, 1.82) is 0 Å². The minimum atomic E-state index is -0.241. The van der Waals surface area contributed by atoms with Gasteiger partial charge in [0.2, 0.25) is 0 Å². The molecule has 0 aliphatic heterocycles. The molecule has 0 bridgehead atoms. The third kappa shape index (κ3) is 18.4. The lowest BCUT2D eigenvalue weighted by molar-refractivity contribution is 0.625. The van der Waals surface area contributed by atoms with Crippen LogP contribution in [0.2, 0.25) is 0 Å². The molecule has 2 nitrogen and oxygen atoms in total. The second-order valence-electron chi connectivity index (χ2n) is 3.03. The first-order chi connectivity index (χ1) is 7.72. The van der Waals surface area contributed by atoms with Gasteiger partial charge in [0.1, 0.15) is 5.82 Å². The molecule has 0 aromatic carbocycles. The molecule has 92 valence electrons. The fourth-order valence-corrected chi connectivity index (χ4v) is 0.580. The number of rotatable bonds is 3. The van der Waals surface area contributed by atoms with Gasteiger partial charge in [0.25, 0.3) is 0 Å². The molecule has 1 aromatic rings. The molecule has 1 heterocycles. The molecule has 0 unspecified atom stereocenters. The fraction of sp³-hybridized carbons (Fsp3) is 0.462. The largest absolute Gasteiger partial charge is 0.391 e. The second kappa shape index (κ2) is 16.1. The summed E-state index contributed by atoms with van der Waals surface area (Å²) in [7, 11) is 0. The van der Waals surface area contributed by atoms with Gasteiger partial charge in [-0.1, -0.05) is 33.8 Å². The third-order valence-electron chi connectivity index (χ3n) is 1.18. The number of hydrogen-bond donors (Lipinski definition) is 1. The standard InChI is InChI=1S/C5H4FN.C5H11N.C3H8/c6-5-1-3-7-4-2-5;1-3-5-6-4-2;1-3-2/h1-4H;4,6H,2-3,5H2,1H3;3H2,1-2H3. The minimum Gasteiger partial charge on any atom is -0.391 e. The van der Waals surface area contributed by atoms with E-state index < -0.39 is 0 Å². The van der Waals surface area contributed by atoms with Crippen LogP contribution in [-0.2, 0) is 0 Å². The smallest absolute Gasteiger partial charge is 0.126 e. The summed E-state index contributed by atoms with van der Waals surface area (Å²) in [6, 6.07) is 2.61. The number of hydrogen-bond acceptors (Lipinski definition) is 2. The van der Waals surface area contributed by atoms with E-state index in [0.717, 1.165) is 6.54 Å². The van der Waals surface area contributed by atoms with Crippen molar-refractivity contribution in [2.75, 3.05) is 6.54 Å². The van der Waals surface area contributed by atoms with Gasteiger partial charge in [0.15, 0.2) is 0 Å². The van der Waals surface area contributed by atoms with Crippen molar-refractivity contribution in [1.82, 2.24) is 10.3 Å². The monoisotopic (exact) mass is 226 g/mol. The maximum absolute atomic E-state index is 11.9. The highest BCUT2D eigenvalue weighted by Gasteiger charge is 1.78. The van der Waals surface area contributed by atoms with E-state index in [0.29, 0.717) is 0 Å². The Bertz CT molecular complexity index is 225. The van der Waals surface area contributed by atoms with E-state index >= 15 is 0 Å². The van der Waals surface area contributed by atoms with Crippen molar-refractivity contribution < 1.29 is 4.39 Å². The summed E-state index contributed by atoms with van der Waals surface area (Å²) in [4.78, 5) is 3.61. The topological polar surface area (TPSA) is 24.9 Å². The van der Waals surface area contributed by atoms with Crippen molar-refractivity contribution in [3.05, 3.63) is 43.1 Å². The van der Waals surface area contributed by atoms with E-state index in [1.807, 2.05) is 0 Å². The number of nitrogens with one attached hydrogen (secondary N) is 1. The summed E-state index contributed by atoms with van der Waals surface area (Å²) >= 11 is 0. The zero-order chi connectivity index (χ0) is 12.6. The predicted octanol–water partition coefficient (Wildman–Crippen LogP) is 3.77. The molecular weight excluding hydrogens is 203 g/mol. The highest BCUT2D eigenvalue weighted by Crippen LogP contribution is 1.88. The van der Waals surface area contributed by atoms with Crippen LogP contribution in [0.1, 0.15) is 33.6 Å². The normalized spacial score (nSPS) is 7.75. The van der Waals surface area contributed by atoms with Crippen molar-refractivity contribution in [3.63, 3.8) is 0 Å². The van der Waals surface area contributed by atoms with Gasteiger partial charge in [-0.25, -0.2) is 4.39 Å². The Morgan fingerprint density at radius 2 is 1.81 bits per heavy atom. The van der Waals surface area contributed by atoms with Crippen LogP contribution in [0.15, 0.2) is 37.3 Å². The van der Waals surface area contributed by atoms with Crippen LogP contribution in [0, 0.1) is 5.82 Å². The van der Waals surface area contributed by atoms with Crippen LogP contribution < -0.4 is 5.32 Å². The van der Waals surface area contributed by atoms with E-state index in [9.17, 15) is 4.39 Å². The van der Waals surface area contributed by atoms with Crippen LogP contribution in [0.5, 0.6) is 0 Å². The first-order valence-electron chi connectivity index (χ1n) is 5.62. The van der Waals surface area contributed by atoms with E-state index in [1.54, 1.807) is 6.20 Å². The van der Waals surface area contributed by atoms with Gasteiger partial charge in [0, 0.05) is 18.9 Å². The minimum absolute atomic E-state index is 0.241. The molecule has 0 fully saturated rings. The van der Waals surface area contributed by atoms with E-state index in [2.05, 4.69) is 37.7 Å². The van der Waals surface area contributed by atoms with Crippen molar-refractivity contribution in [3.8, 4) is 0 Å². The highest BCUT2D eigenvalue weighted by molar-refractivity contribution is 4.92. The molecular formula is C13H23FN2.